The molecule has 1 saturated carbocycles. The molecule has 1 aromatic rings. The van der Waals surface area contributed by atoms with E-state index in [-0.39, 0.29) is 5.41 Å². The fourth-order valence-electron chi connectivity index (χ4n) is 2.30. The van der Waals surface area contributed by atoms with Gasteiger partial charge in [0.25, 0.3) is 0 Å². The van der Waals surface area contributed by atoms with E-state index in [0.717, 1.165) is 19.4 Å². The predicted molar refractivity (Wildman–Crippen MR) is 65.4 cm³/mol. The normalized spacial score (nSPS) is 17.5. The summed E-state index contributed by atoms with van der Waals surface area (Å²) in [5.74, 6) is 0.314. The van der Waals surface area contributed by atoms with Crippen LogP contribution in [0.25, 0.3) is 0 Å². The molecule has 0 heterocycles. The number of hydrogen-bond acceptors (Lipinski definition) is 2. The third kappa shape index (κ3) is 2.03. The quantitative estimate of drug-likeness (QED) is 0.771. The molecule has 0 atom stereocenters. The fourth-order valence-corrected chi connectivity index (χ4v) is 2.30. The van der Waals surface area contributed by atoms with Crippen LogP contribution in [0.1, 0.15) is 30.9 Å². The van der Waals surface area contributed by atoms with Crippen molar-refractivity contribution in [3.05, 3.63) is 35.4 Å². The van der Waals surface area contributed by atoms with Crippen LogP contribution in [0.15, 0.2) is 24.3 Å². The van der Waals surface area contributed by atoms with Crippen LogP contribution < -0.4 is 0 Å². The molecule has 0 unspecified atom stereocenters. The van der Waals surface area contributed by atoms with Gasteiger partial charge in [0.2, 0.25) is 0 Å². The van der Waals surface area contributed by atoms with Crippen LogP contribution in [0.2, 0.25) is 0 Å². The van der Waals surface area contributed by atoms with Gasteiger partial charge < -0.3 is 4.90 Å². The van der Waals surface area contributed by atoms with Crippen molar-refractivity contribution in [1.82, 2.24) is 4.90 Å². The molecule has 0 saturated heterocycles. The Hall–Kier alpha value is -1.15. The van der Waals surface area contributed by atoms with Crippen LogP contribution in [0, 0.1) is 0 Å². The number of rotatable bonds is 4. The van der Waals surface area contributed by atoms with Crippen LogP contribution >= 0.6 is 0 Å². The number of Topliss-reactive ketones (excluding diaryl/α,β-unsaturated/α-hetero) is 1. The first-order valence-electron chi connectivity index (χ1n) is 5.80. The van der Waals surface area contributed by atoms with Crippen molar-refractivity contribution >= 4 is 5.78 Å². The Morgan fingerprint density at radius 3 is 2.56 bits per heavy atom. The maximum Gasteiger partial charge on any atom is 0.140 e. The number of carbonyl (C=O) groups excluding carboxylic acids is 1. The summed E-state index contributed by atoms with van der Waals surface area (Å²) in [7, 11) is 4.12. The summed E-state index contributed by atoms with van der Waals surface area (Å²) < 4.78 is 0. The van der Waals surface area contributed by atoms with Gasteiger partial charge in [-0.3, -0.25) is 4.79 Å². The first-order valence-corrected chi connectivity index (χ1v) is 5.80. The van der Waals surface area contributed by atoms with Gasteiger partial charge >= 0.3 is 0 Å². The maximum absolute atomic E-state index is 11.7. The first-order chi connectivity index (χ1) is 7.54. The van der Waals surface area contributed by atoms with Gasteiger partial charge in [-0.25, -0.2) is 0 Å². The average Bonchev–Trinajstić information content (AvgIpc) is 2.97. The van der Waals surface area contributed by atoms with Gasteiger partial charge in [0.1, 0.15) is 5.78 Å². The minimum Gasteiger partial charge on any atom is -0.305 e. The molecular weight excluding hydrogens is 198 g/mol. The Labute approximate surface area is 97.3 Å². The van der Waals surface area contributed by atoms with Crippen LogP contribution in [0.3, 0.4) is 0 Å². The molecule has 1 aliphatic carbocycles. The molecule has 2 nitrogen and oxygen atoms in total. The van der Waals surface area contributed by atoms with E-state index < -0.39 is 0 Å². The first kappa shape index (κ1) is 11.3. The molecule has 0 amide bonds. The number of nitrogens with zero attached hydrogens (tertiary/aromatic N) is 1. The summed E-state index contributed by atoms with van der Waals surface area (Å²) in [4.78, 5) is 13.8. The molecule has 86 valence electrons. The van der Waals surface area contributed by atoms with Crippen LogP contribution in [-0.4, -0.2) is 24.8 Å². The van der Waals surface area contributed by atoms with Crippen LogP contribution in [0.4, 0.5) is 0 Å². The zero-order valence-electron chi connectivity index (χ0n) is 10.3. The lowest BCUT2D eigenvalue weighted by atomic mass is 9.91. The highest BCUT2D eigenvalue weighted by Crippen LogP contribution is 2.49. The molecule has 2 rings (SSSR count). The standard InChI is InChI=1S/C14H19NO/c1-11(16)14(7-8-14)13-6-4-5-12(9-13)10-15(2)3/h4-6,9H,7-8,10H2,1-3H3. The summed E-state index contributed by atoms with van der Waals surface area (Å²) in [6, 6.07) is 8.47. The second-order valence-corrected chi connectivity index (χ2v) is 5.08. The highest BCUT2D eigenvalue weighted by molar-refractivity contribution is 5.91. The summed E-state index contributed by atoms with van der Waals surface area (Å²) in [5.41, 5.74) is 2.36. The van der Waals surface area contributed by atoms with Gasteiger partial charge in [0, 0.05) is 6.54 Å². The van der Waals surface area contributed by atoms with Gasteiger partial charge in [0.05, 0.1) is 5.41 Å². The molecular formula is C14H19NO. The van der Waals surface area contributed by atoms with Crippen molar-refractivity contribution in [3.8, 4) is 0 Å². The number of hydrogen-bond donors (Lipinski definition) is 0. The van der Waals surface area contributed by atoms with Crippen molar-refractivity contribution in [2.24, 2.45) is 0 Å². The van der Waals surface area contributed by atoms with Gasteiger partial charge in [-0.2, -0.15) is 0 Å². The summed E-state index contributed by atoms with van der Waals surface area (Å²) in [6.07, 6.45) is 2.04. The third-order valence-corrected chi connectivity index (χ3v) is 3.40. The largest absolute Gasteiger partial charge is 0.305 e. The number of benzene rings is 1. The zero-order chi connectivity index (χ0) is 11.8. The molecule has 0 aliphatic heterocycles. The molecule has 1 fully saturated rings. The van der Waals surface area contributed by atoms with E-state index >= 15 is 0 Å². The van der Waals surface area contributed by atoms with Crippen LogP contribution in [-0.2, 0) is 16.8 Å². The number of carbonyl (C=O) groups is 1. The monoisotopic (exact) mass is 217 g/mol. The van der Waals surface area contributed by atoms with E-state index in [1.165, 1.54) is 11.1 Å². The molecule has 1 aromatic carbocycles. The van der Waals surface area contributed by atoms with Crippen molar-refractivity contribution in [3.63, 3.8) is 0 Å². The Morgan fingerprint density at radius 2 is 2.06 bits per heavy atom. The van der Waals surface area contributed by atoms with Crippen molar-refractivity contribution < 1.29 is 4.79 Å². The van der Waals surface area contributed by atoms with Gasteiger partial charge in [-0.15, -0.1) is 0 Å². The second kappa shape index (κ2) is 4.02. The van der Waals surface area contributed by atoms with Gasteiger partial charge in [-0.05, 0) is 45.0 Å². The lowest BCUT2D eigenvalue weighted by Crippen LogP contribution is -2.18. The van der Waals surface area contributed by atoms with E-state index in [1.54, 1.807) is 6.92 Å². The summed E-state index contributed by atoms with van der Waals surface area (Å²) in [5, 5.41) is 0. The second-order valence-electron chi connectivity index (χ2n) is 5.08. The summed E-state index contributed by atoms with van der Waals surface area (Å²) >= 11 is 0. The Bertz CT molecular complexity index is 405. The van der Waals surface area contributed by atoms with Crippen molar-refractivity contribution in [1.29, 1.82) is 0 Å². The van der Waals surface area contributed by atoms with Crippen LogP contribution in [0.5, 0.6) is 0 Å². The molecule has 0 radical (unpaired) electrons. The number of ketones is 1. The average molecular weight is 217 g/mol. The lowest BCUT2D eigenvalue weighted by molar-refractivity contribution is -0.119. The maximum atomic E-state index is 11.7. The predicted octanol–water partition coefficient (Wildman–Crippen LogP) is 2.37. The van der Waals surface area contributed by atoms with E-state index in [2.05, 4.69) is 43.3 Å². The molecule has 0 N–H and O–H groups in total. The molecule has 16 heavy (non-hydrogen) atoms. The van der Waals surface area contributed by atoms with E-state index in [4.69, 9.17) is 0 Å². The SMILES string of the molecule is CC(=O)C1(c2cccc(CN(C)C)c2)CC1. The molecule has 0 aromatic heterocycles. The lowest BCUT2D eigenvalue weighted by Gasteiger charge is -2.15. The topological polar surface area (TPSA) is 20.3 Å². The molecule has 1 aliphatic rings. The minimum absolute atomic E-state index is 0.137. The Balaban J connectivity index is 2.26. The van der Waals surface area contributed by atoms with E-state index in [0.29, 0.717) is 5.78 Å². The van der Waals surface area contributed by atoms with Crippen molar-refractivity contribution in [2.75, 3.05) is 14.1 Å². The minimum atomic E-state index is -0.137. The van der Waals surface area contributed by atoms with Gasteiger partial charge in [0.15, 0.2) is 0 Å². The third-order valence-electron chi connectivity index (χ3n) is 3.40. The van der Waals surface area contributed by atoms with Gasteiger partial charge in [-0.1, -0.05) is 24.3 Å². The summed E-state index contributed by atoms with van der Waals surface area (Å²) in [6.45, 7) is 2.65. The zero-order valence-corrected chi connectivity index (χ0v) is 10.3. The molecule has 0 spiro atoms. The highest BCUT2D eigenvalue weighted by Gasteiger charge is 2.48. The highest BCUT2D eigenvalue weighted by atomic mass is 16.1. The fraction of sp³-hybridized carbons (Fsp3) is 0.500. The Kier molecular flexibility index (Phi) is 2.85. The molecule has 0 bridgehead atoms. The Morgan fingerprint density at radius 1 is 1.38 bits per heavy atom. The van der Waals surface area contributed by atoms with E-state index in [1.807, 2.05) is 0 Å². The van der Waals surface area contributed by atoms with E-state index in [9.17, 15) is 4.79 Å². The smallest absolute Gasteiger partial charge is 0.140 e. The van der Waals surface area contributed by atoms with Crippen molar-refractivity contribution in [2.45, 2.75) is 31.7 Å². The molecule has 2 heteroatoms.